The number of rotatable bonds is 3. The van der Waals surface area contributed by atoms with E-state index in [-0.39, 0.29) is 11.5 Å². The van der Waals surface area contributed by atoms with Crippen LogP contribution in [-0.4, -0.2) is 62.4 Å². The van der Waals surface area contributed by atoms with Crippen LogP contribution in [0.15, 0.2) is 0 Å². The van der Waals surface area contributed by atoms with Crippen LogP contribution in [0.1, 0.15) is 52.4 Å². The highest BCUT2D eigenvalue weighted by molar-refractivity contribution is 5.83. The predicted octanol–water partition coefficient (Wildman–Crippen LogP) is 2.20. The molecule has 6 rings (SSSR count). The van der Waals surface area contributed by atoms with Gasteiger partial charge in [-0.2, -0.15) is 0 Å². The summed E-state index contributed by atoms with van der Waals surface area (Å²) in [6, 6.07) is 0.442. The summed E-state index contributed by atoms with van der Waals surface area (Å²) in [6.07, 6.45) is 7.27. The number of nitrogens with one attached hydrogen (secondary N) is 1. The second-order valence-corrected chi connectivity index (χ2v) is 10.7. The lowest BCUT2D eigenvalue weighted by Crippen LogP contribution is -2.62. The van der Waals surface area contributed by atoms with Crippen molar-refractivity contribution < 1.29 is 14.3 Å². The molecule has 26 heavy (non-hydrogen) atoms. The topological polar surface area (TPSA) is 50.8 Å². The highest BCUT2D eigenvalue weighted by Gasteiger charge is 2.63. The molecule has 0 aromatic rings. The van der Waals surface area contributed by atoms with Gasteiger partial charge in [-0.25, -0.2) is 0 Å². The van der Waals surface area contributed by atoms with Crippen LogP contribution in [-0.2, 0) is 14.3 Å². The molecular weight excluding hydrogens is 328 g/mol. The quantitative estimate of drug-likeness (QED) is 0.836. The zero-order valence-electron chi connectivity index (χ0n) is 16.4. The van der Waals surface area contributed by atoms with Gasteiger partial charge in [0, 0.05) is 13.1 Å². The first-order chi connectivity index (χ1) is 12.4. The Balaban J connectivity index is 1.32. The maximum absolute atomic E-state index is 13.6. The summed E-state index contributed by atoms with van der Waals surface area (Å²) in [5.41, 5.74) is 0.629. The fourth-order valence-corrected chi connectivity index (χ4v) is 7.97. The van der Waals surface area contributed by atoms with Crippen molar-refractivity contribution in [3.05, 3.63) is 0 Å². The van der Waals surface area contributed by atoms with Gasteiger partial charge in [-0.1, -0.05) is 13.8 Å². The largest absolute Gasteiger partial charge is 0.379 e. The molecule has 1 amide bonds. The molecule has 2 heterocycles. The number of hydrogen-bond donors (Lipinski definition) is 1. The van der Waals surface area contributed by atoms with E-state index in [1.165, 1.54) is 19.3 Å². The van der Waals surface area contributed by atoms with E-state index < -0.39 is 0 Å². The number of morpholine rings is 1. The third kappa shape index (κ3) is 2.82. The van der Waals surface area contributed by atoms with Gasteiger partial charge in [-0.3, -0.25) is 9.69 Å². The van der Waals surface area contributed by atoms with E-state index in [0.717, 1.165) is 58.1 Å². The zero-order valence-corrected chi connectivity index (χ0v) is 16.4. The Kier molecular flexibility index (Phi) is 3.97. The average Bonchev–Trinajstić information content (AvgIpc) is 3.00. The van der Waals surface area contributed by atoms with Crippen LogP contribution in [0.3, 0.4) is 0 Å². The summed E-state index contributed by atoms with van der Waals surface area (Å²) in [5.74, 6) is 1.08. The van der Waals surface area contributed by atoms with Gasteiger partial charge >= 0.3 is 0 Å². The summed E-state index contributed by atoms with van der Waals surface area (Å²) < 4.78 is 11.3. The minimum atomic E-state index is -0.124. The molecule has 4 bridgehead atoms. The van der Waals surface area contributed by atoms with Crippen molar-refractivity contribution >= 4 is 5.91 Å². The standard InChI is InChI=1S/C21H34N2O3/c1-19-7-15-8-20(2,12-19)14-21(9-15,13-19)18(24)22-16-10-26-11-17(16)23-3-5-25-6-4-23/h15-17H,3-14H2,1-2H3,(H,22,24)/t15?,16-,17-,19?,20?,21?/m1/s1. The van der Waals surface area contributed by atoms with Crippen molar-refractivity contribution in [2.24, 2.45) is 22.2 Å². The van der Waals surface area contributed by atoms with E-state index in [0.29, 0.717) is 29.4 Å². The van der Waals surface area contributed by atoms with Crippen molar-refractivity contribution in [2.45, 2.75) is 64.5 Å². The molecule has 0 radical (unpaired) electrons. The van der Waals surface area contributed by atoms with Crippen LogP contribution in [0.5, 0.6) is 0 Å². The molecular formula is C21H34N2O3. The van der Waals surface area contributed by atoms with Crippen LogP contribution in [0.25, 0.3) is 0 Å². The fraction of sp³-hybridized carbons (Fsp3) is 0.952. The molecule has 0 spiro atoms. The SMILES string of the molecule is CC12CC3CC(C)(C1)CC(C(=O)N[C@@H]1COC[C@H]1N1CCOCC1)(C3)C2. The second-order valence-electron chi connectivity index (χ2n) is 10.7. The molecule has 146 valence electrons. The summed E-state index contributed by atoms with van der Waals surface area (Å²) in [7, 11) is 0. The molecule has 5 heteroatoms. The Bertz CT molecular complexity index is 570. The highest BCUT2D eigenvalue weighted by Crippen LogP contribution is 2.69. The lowest BCUT2D eigenvalue weighted by atomic mass is 9.40. The van der Waals surface area contributed by atoms with Crippen molar-refractivity contribution in [2.75, 3.05) is 39.5 Å². The van der Waals surface area contributed by atoms with Gasteiger partial charge in [0.1, 0.15) is 0 Å². The Labute approximate surface area is 157 Å². The molecule has 4 aliphatic carbocycles. The van der Waals surface area contributed by atoms with Crippen molar-refractivity contribution in [1.29, 1.82) is 0 Å². The molecule has 4 saturated carbocycles. The summed E-state index contributed by atoms with van der Waals surface area (Å²) in [4.78, 5) is 16.0. The van der Waals surface area contributed by atoms with E-state index in [4.69, 9.17) is 9.47 Å². The monoisotopic (exact) mass is 362 g/mol. The Morgan fingerprint density at radius 1 is 0.962 bits per heavy atom. The average molecular weight is 363 g/mol. The highest BCUT2D eigenvalue weighted by atomic mass is 16.5. The van der Waals surface area contributed by atoms with Gasteiger partial charge in [0.2, 0.25) is 5.91 Å². The van der Waals surface area contributed by atoms with E-state index in [2.05, 4.69) is 24.1 Å². The number of nitrogens with zero attached hydrogens (tertiary/aromatic N) is 1. The first-order valence-corrected chi connectivity index (χ1v) is 10.6. The molecule has 0 aromatic carbocycles. The van der Waals surface area contributed by atoms with Gasteiger partial charge in [-0.15, -0.1) is 0 Å². The number of hydrogen-bond acceptors (Lipinski definition) is 4. The molecule has 5 nitrogen and oxygen atoms in total. The second kappa shape index (κ2) is 5.92. The van der Waals surface area contributed by atoms with Crippen LogP contribution in [0.2, 0.25) is 0 Å². The first-order valence-electron chi connectivity index (χ1n) is 10.6. The van der Waals surface area contributed by atoms with E-state index in [9.17, 15) is 4.79 Å². The molecule has 6 fully saturated rings. The summed E-state index contributed by atoms with van der Waals surface area (Å²) in [5, 5.41) is 3.47. The molecule has 6 aliphatic rings. The number of amides is 1. The molecule has 1 N–H and O–H groups in total. The molecule has 2 unspecified atom stereocenters. The van der Waals surface area contributed by atoms with E-state index in [1.54, 1.807) is 0 Å². The van der Waals surface area contributed by atoms with Crippen LogP contribution < -0.4 is 5.32 Å². The lowest BCUT2D eigenvalue weighted by molar-refractivity contribution is -0.171. The Hall–Kier alpha value is -0.650. The van der Waals surface area contributed by atoms with Gasteiger partial charge < -0.3 is 14.8 Å². The maximum atomic E-state index is 13.6. The number of carbonyl (C=O) groups is 1. The van der Waals surface area contributed by atoms with Crippen molar-refractivity contribution in [1.82, 2.24) is 10.2 Å². The van der Waals surface area contributed by atoms with Crippen molar-refractivity contribution in [3.63, 3.8) is 0 Å². The smallest absolute Gasteiger partial charge is 0.226 e. The van der Waals surface area contributed by atoms with E-state index in [1.807, 2.05) is 0 Å². The van der Waals surface area contributed by atoms with Gasteiger partial charge in [0.05, 0.1) is 43.9 Å². The van der Waals surface area contributed by atoms with Gasteiger partial charge in [-0.05, 0) is 55.3 Å². The van der Waals surface area contributed by atoms with Gasteiger partial charge in [0.15, 0.2) is 0 Å². The molecule has 2 saturated heterocycles. The Morgan fingerprint density at radius 2 is 1.65 bits per heavy atom. The lowest BCUT2D eigenvalue weighted by Gasteiger charge is -2.64. The van der Waals surface area contributed by atoms with Crippen molar-refractivity contribution in [3.8, 4) is 0 Å². The zero-order chi connectivity index (χ0) is 18.0. The number of carbonyl (C=O) groups excluding carboxylic acids is 1. The fourth-order valence-electron chi connectivity index (χ4n) is 7.97. The minimum Gasteiger partial charge on any atom is -0.379 e. The molecule has 2 aliphatic heterocycles. The summed E-state index contributed by atoms with van der Waals surface area (Å²) in [6.45, 7) is 9.74. The Morgan fingerprint density at radius 3 is 2.31 bits per heavy atom. The summed E-state index contributed by atoms with van der Waals surface area (Å²) >= 11 is 0. The van der Waals surface area contributed by atoms with E-state index >= 15 is 0 Å². The molecule has 4 atom stereocenters. The normalized spacial score (nSPS) is 50.9. The predicted molar refractivity (Wildman–Crippen MR) is 98.8 cm³/mol. The third-order valence-electron chi connectivity index (χ3n) is 7.99. The van der Waals surface area contributed by atoms with Crippen LogP contribution >= 0.6 is 0 Å². The first kappa shape index (κ1) is 17.4. The number of ether oxygens (including phenoxy) is 2. The minimum absolute atomic E-state index is 0.124. The van der Waals surface area contributed by atoms with Crippen LogP contribution in [0.4, 0.5) is 0 Å². The van der Waals surface area contributed by atoms with Crippen LogP contribution in [0, 0.1) is 22.2 Å². The maximum Gasteiger partial charge on any atom is 0.226 e. The molecule has 0 aromatic heterocycles. The van der Waals surface area contributed by atoms with Gasteiger partial charge in [0.25, 0.3) is 0 Å². The third-order valence-corrected chi connectivity index (χ3v) is 7.99.